The molecule has 0 unspecified atom stereocenters. The summed E-state index contributed by atoms with van der Waals surface area (Å²) in [5.74, 6) is 0.690. The van der Waals surface area contributed by atoms with E-state index in [1.165, 1.54) is 11.1 Å². The van der Waals surface area contributed by atoms with Gasteiger partial charge in [0.05, 0.1) is 5.56 Å². The average molecular weight is 277 g/mol. The number of benzene rings is 2. The molecule has 0 aliphatic heterocycles. The van der Waals surface area contributed by atoms with Crippen molar-refractivity contribution in [2.45, 2.75) is 13.8 Å². The normalized spacial score (nSPS) is 10.8. The number of aromatic nitrogens is 2. The summed E-state index contributed by atoms with van der Waals surface area (Å²) >= 11 is 0. The molecule has 0 aliphatic carbocycles. The van der Waals surface area contributed by atoms with E-state index in [1.807, 2.05) is 7.05 Å². The van der Waals surface area contributed by atoms with Crippen LogP contribution >= 0.6 is 0 Å². The molecule has 0 fully saturated rings. The van der Waals surface area contributed by atoms with Crippen LogP contribution in [0.25, 0.3) is 22.4 Å². The molecule has 0 radical (unpaired) electrons. The number of aryl methyl sites for hydroxylation is 3. The fourth-order valence-corrected chi connectivity index (χ4v) is 2.54. The van der Waals surface area contributed by atoms with Gasteiger partial charge in [0, 0.05) is 12.6 Å². The molecule has 2 N–H and O–H groups in total. The van der Waals surface area contributed by atoms with E-state index < -0.39 is 0 Å². The summed E-state index contributed by atoms with van der Waals surface area (Å²) < 4.78 is 1.74. The zero-order chi connectivity index (χ0) is 15.0. The van der Waals surface area contributed by atoms with Gasteiger partial charge in [-0.05, 0) is 25.5 Å². The van der Waals surface area contributed by atoms with Crippen molar-refractivity contribution in [2.24, 2.45) is 7.05 Å². The second-order valence-electron chi connectivity index (χ2n) is 5.47. The summed E-state index contributed by atoms with van der Waals surface area (Å²) in [5, 5.41) is 4.61. The Kier molecular flexibility index (Phi) is 3.26. The van der Waals surface area contributed by atoms with Crippen molar-refractivity contribution in [1.82, 2.24) is 9.78 Å². The molecular weight excluding hydrogens is 258 g/mol. The van der Waals surface area contributed by atoms with Crippen LogP contribution in [0.4, 0.5) is 5.82 Å². The molecule has 0 saturated carbocycles. The molecule has 0 bridgehead atoms. The lowest BCUT2D eigenvalue weighted by atomic mass is 9.99. The molecule has 3 nitrogen and oxygen atoms in total. The van der Waals surface area contributed by atoms with Crippen molar-refractivity contribution in [1.29, 1.82) is 0 Å². The van der Waals surface area contributed by atoms with Gasteiger partial charge in [-0.25, -0.2) is 0 Å². The van der Waals surface area contributed by atoms with Crippen molar-refractivity contribution < 1.29 is 0 Å². The van der Waals surface area contributed by atoms with Crippen LogP contribution in [-0.2, 0) is 7.05 Å². The zero-order valence-electron chi connectivity index (χ0n) is 12.6. The van der Waals surface area contributed by atoms with E-state index in [0.29, 0.717) is 5.82 Å². The fourth-order valence-electron chi connectivity index (χ4n) is 2.54. The molecule has 1 aromatic heterocycles. The van der Waals surface area contributed by atoms with E-state index in [9.17, 15) is 0 Å². The molecule has 3 aromatic rings. The maximum absolute atomic E-state index is 6.25. The van der Waals surface area contributed by atoms with Gasteiger partial charge in [-0.1, -0.05) is 53.6 Å². The third-order valence-electron chi connectivity index (χ3n) is 3.72. The maximum atomic E-state index is 6.25. The van der Waals surface area contributed by atoms with Crippen LogP contribution in [0.3, 0.4) is 0 Å². The first-order chi connectivity index (χ1) is 10.1. The number of anilines is 1. The van der Waals surface area contributed by atoms with Gasteiger partial charge in [-0.15, -0.1) is 0 Å². The molecule has 0 amide bonds. The molecule has 3 heteroatoms. The van der Waals surface area contributed by atoms with Crippen LogP contribution in [0.15, 0.2) is 48.5 Å². The molecule has 3 rings (SSSR count). The molecule has 0 spiro atoms. The van der Waals surface area contributed by atoms with Crippen LogP contribution in [0, 0.1) is 13.8 Å². The smallest absolute Gasteiger partial charge is 0.129 e. The number of nitrogens with zero attached hydrogens (tertiary/aromatic N) is 2. The van der Waals surface area contributed by atoms with Crippen molar-refractivity contribution in [3.8, 4) is 22.4 Å². The molecule has 0 saturated heterocycles. The Bertz CT molecular complexity index is 783. The molecule has 21 heavy (non-hydrogen) atoms. The fraction of sp³-hybridized carbons (Fsp3) is 0.167. The third-order valence-corrected chi connectivity index (χ3v) is 3.72. The minimum atomic E-state index is 0.690. The van der Waals surface area contributed by atoms with Crippen molar-refractivity contribution in [2.75, 3.05) is 5.73 Å². The average Bonchev–Trinajstić information content (AvgIpc) is 2.76. The van der Waals surface area contributed by atoms with E-state index in [0.717, 1.165) is 22.4 Å². The topological polar surface area (TPSA) is 43.8 Å². The summed E-state index contributed by atoms with van der Waals surface area (Å²) in [7, 11) is 1.88. The Morgan fingerprint density at radius 2 is 1.62 bits per heavy atom. The second kappa shape index (κ2) is 5.09. The van der Waals surface area contributed by atoms with Gasteiger partial charge in [0.1, 0.15) is 11.5 Å². The third kappa shape index (κ3) is 2.42. The van der Waals surface area contributed by atoms with Gasteiger partial charge in [-0.3, -0.25) is 4.68 Å². The summed E-state index contributed by atoms with van der Waals surface area (Å²) in [4.78, 5) is 0. The van der Waals surface area contributed by atoms with E-state index in [1.54, 1.807) is 4.68 Å². The first kappa shape index (κ1) is 13.4. The largest absolute Gasteiger partial charge is 0.383 e. The van der Waals surface area contributed by atoms with E-state index >= 15 is 0 Å². The van der Waals surface area contributed by atoms with Gasteiger partial charge in [0.2, 0.25) is 0 Å². The summed E-state index contributed by atoms with van der Waals surface area (Å²) in [6.07, 6.45) is 0. The van der Waals surface area contributed by atoms with Gasteiger partial charge >= 0.3 is 0 Å². The first-order valence-electron chi connectivity index (χ1n) is 7.03. The van der Waals surface area contributed by atoms with Crippen molar-refractivity contribution in [3.63, 3.8) is 0 Å². The standard InChI is InChI=1S/C18H19N3/c1-12-7-9-14(10-8-12)16-17(20-21(3)18(16)19)15-6-4-5-13(2)11-15/h4-11H,19H2,1-3H3. The van der Waals surface area contributed by atoms with Crippen LogP contribution in [-0.4, -0.2) is 9.78 Å². The number of hydrogen-bond acceptors (Lipinski definition) is 2. The van der Waals surface area contributed by atoms with Crippen LogP contribution in [0.5, 0.6) is 0 Å². The first-order valence-corrected chi connectivity index (χ1v) is 7.03. The van der Waals surface area contributed by atoms with E-state index in [2.05, 4.69) is 67.5 Å². The highest BCUT2D eigenvalue weighted by atomic mass is 15.3. The molecule has 2 aromatic carbocycles. The minimum Gasteiger partial charge on any atom is -0.383 e. The summed E-state index contributed by atoms with van der Waals surface area (Å²) in [6, 6.07) is 16.7. The van der Waals surface area contributed by atoms with Crippen LogP contribution in [0.2, 0.25) is 0 Å². The highest BCUT2D eigenvalue weighted by Crippen LogP contribution is 2.36. The van der Waals surface area contributed by atoms with Gasteiger partial charge in [-0.2, -0.15) is 5.10 Å². The zero-order valence-corrected chi connectivity index (χ0v) is 12.6. The SMILES string of the molecule is Cc1ccc(-c2c(-c3cccc(C)c3)nn(C)c2N)cc1. The lowest BCUT2D eigenvalue weighted by Crippen LogP contribution is -1.97. The highest BCUT2D eigenvalue weighted by Gasteiger charge is 2.17. The monoisotopic (exact) mass is 277 g/mol. The summed E-state index contributed by atoms with van der Waals surface area (Å²) in [6.45, 7) is 4.17. The lowest BCUT2D eigenvalue weighted by molar-refractivity contribution is 0.782. The molecule has 0 aliphatic rings. The lowest BCUT2D eigenvalue weighted by Gasteiger charge is -2.06. The quantitative estimate of drug-likeness (QED) is 0.770. The van der Waals surface area contributed by atoms with Gasteiger partial charge in [0.15, 0.2) is 0 Å². The van der Waals surface area contributed by atoms with Gasteiger partial charge < -0.3 is 5.73 Å². The Labute approximate surface area is 125 Å². The highest BCUT2D eigenvalue weighted by molar-refractivity contribution is 5.88. The van der Waals surface area contributed by atoms with Gasteiger partial charge in [0.25, 0.3) is 0 Å². The van der Waals surface area contributed by atoms with Crippen LogP contribution < -0.4 is 5.73 Å². The molecular formula is C18H19N3. The summed E-state index contributed by atoms with van der Waals surface area (Å²) in [5.41, 5.74) is 12.8. The van der Waals surface area contributed by atoms with Crippen LogP contribution in [0.1, 0.15) is 11.1 Å². The Balaban J connectivity index is 2.23. The number of rotatable bonds is 2. The number of hydrogen-bond donors (Lipinski definition) is 1. The molecule has 106 valence electrons. The Morgan fingerprint density at radius 3 is 2.29 bits per heavy atom. The Hall–Kier alpha value is -2.55. The molecule has 0 atom stereocenters. The number of nitrogens with two attached hydrogens (primary N) is 1. The van der Waals surface area contributed by atoms with E-state index in [-0.39, 0.29) is 0 Å². The predicted molar refractivity (Wildman–Crippen MR) is 88.0 cm³/mol. The number of nitrogen functional groups attached to an aromatic ring is 1. The van der Waals surface area contributed by atoms with Crippen molar-refractivity contribution in [3.05, 3.63) is 59.7 Å². The Morgan fingerprint density at radius 1 is 0.905 bits per heavy atom. The van der Waals surface area contributed by atoms with E-state index in [4.69, 9.17) is 5.73 Å². The molecule has 1 heterocycles. The maximum Gasteiger partial charge on any atom is 0.129 e. The second-order valence-corrected chi connectivity index (χ2v) is 5.47. The van der Waals surface area contributed by atoms with Crippen molar-refractivity contribution >= 4 is 5.82 Å². The minimum absolute atomic E-state index is 0.690. The predicted octanol–water partition coefficient (Wildman–Crippen LogP) is 3.95.